The van der Waals surface area contributed by atoms with E-state index in [1.165, 1.54) is 12.1 Å². The Morgan fingerprint density at radius 2 is 1.91 bits per heavy atom. The van der Waals surface area contributed by atoms with Gasteiger partial charge in [-0.3, -0.25) is 9.89 Å². The molecule has 2 aromatic heterocycles. The average molecular weight is 444 g/mol. The van der Waals surface area contributed by atoms with Crippen molar-refractivity contribution in [2.24, 2.45) is 0 Å². The van der Waals surface area contributed by atoms with E-state index in [-0.39, 0.29) is 11.4 Å². The molecule has 0 bridgehead atoms. The Kier molecular flexibility index (Phi) is 5.52. The number of hydrogen-bond acceptors (Lipinski definition) is 4. The molecule has 2 N–H and O–H groups in total. The highest BCUT2D eigenvalue weighted by Gasteiger charge is 2.31. The molecule has 166 valence electrons. The minimum absolute atomic E-state index is 0.163. The Balaban J connectivity index is 1.55. The van der Waals surface area contributed by atoms with E-state index in [1.807, 2.05) is 31.2 Å². The van der Waals surface area contributed by atoms with Gasteiger partial charge in [0.1, 0.15) is 11.5 Å². The Morgan fingerprint density at radius 1 is 1.16 bits per heavy atom. The molecule has 4 rings (SSSR count). The molecule has 0 aliphatic heterocycles. The van der Waals surface area contributed by atoms with Crippen LogP contribution in [0.3, 0.4) is 0 Å². The third kappa shape index (κ3) is 4.25. The number of ether oxygens (including phenoxy) is 2. The standard InChI is InChI=1S/C22H19F3N4O3/c1-3-29-17-5-4-6-19(31-2)15(17)11-18(29)16-12-20(28-27-16)26-21(30)13-7-9-14(10-8-13)32-22(23,24)25/h4-12H,3H2,1-2H3,(H2,26,27,28,30). The first-order valence-electron chi connectivity index (χ1n) is 9.68. The van der Waals surface area contributed by atoms with Gasteiger partial charge in [-0.15, -0.1) is 13.2 Å². The number of halogens is 3. The summed E-state index contributed by atoms with van der Waals surface area (Å²) in [5, 5.41) is 10.6. The van der Waals surface area contributed by atoms with E-state index in [0.717, 1.165) is 34.5 Å². The van der Waals surface area contributed by atoms with E-state index < -0.39 is 18.0 Å². The zero-order valence-electron chi connectivity index (χ0n) is 17.2. The number of aryl methyl sites for hydroxylation is 1. The Morgan fingerprint density at radius 3 is 2.56 bits per heavy atom. The number of rotatable bonds is 6. The lowest BCUT2D eigenvalue weighted by Crippen LogP contribution is -2.17. The van der Waals surface area contributed by atoms with Crippen molar-refractivity contribution in [3.05, 3.63) is 60.2 Å². The van der Waals surface area contributed by atoms with E-state index in [2.05, 4.69) is 24.8 Å². The number of fused-ring (bicyclic) bond motifs is 1. The van der Waals surface area contributed by atoms with Crippen molar-refractivity contribution in [2.45, 2.75) is 19.8 Å². The fourth-order valence-electron chi connectivity index (χ4n) is 3.51. The largest absolute Gasteiger partial charge is 0.573 e. The van der Waals surface area contributed by atoms with Gasteiger partial charge in [-0.2, -0.15) is 5.10 Å². The average Bonchev–Trinajstić information content (AvgIpc) is 3.36. The molecule has 0 aliphatic rings. The van der Waals surface area contributed by atoms with Crippen molar-refractivity contribution < 1.29 is 27.4 Å². The second-order valence-corrected chi connectivity index (χ2v) is 6.86. The van der Waals surface area contributed by atoms with Gasteiger partial charge in [0.25, 0.3) is 5.91 Å². The summed E-state index contributed by atoms with van der Waals surface area (Å²) in [7, 11) is 1.61. The van der Waals surface area contributed by atoms with Crippen molar-refractivity contribution in [1.82, 2.24) is 14.8 Å². The lowest BCUT2D eigenvalue weighted by Gasteiger charge is -2.09. The van der Waals surface area contributed by atoms with Crippen LogP contribution in [0.25, 0.3) is 22.3 Å². The van der Waals surface area contributed by atoms with Gasteiger partial charge >= 0.3 is 6.36 Å². The lowest BCUT2D eigenvalue weighted by atomic mass is 10.2. The van der Waals surface area contributed by atoms with Crippen molar-refractivity contribution >= 4 is 22.6 Å². The highest BCUT2D eigenvalue weighted by Crippen LogP contribution is 2.33. The van der Waals surface area contributed by atoms with Gasteiger partial charge in [0.15, 0.2) is 5.82 Å². The lowest BCUT2D eigenvalue weighted by molar-refractivity contribution is -0.274. The maximum Gasteiger partial charge on any atom is 0.573 e. The van der Waals surface area contributed by atoms with Crippen molar-refractivity contribution in [3.63, 3.8) is 0 Å². The van der Waals surface area contributed by atoms with Gasteiger partial charge in [-0.1, -0.05) is 6.07 Å². The van der Waals surface area contributed by atoms with E-state index in [9.17, 15) is 18.0 Å². The number of methoxy groups -OCH3 is 1. The number of amides is 1. The summed E-state index contributed by atoms with van der Waals surface area (Å²) in [6, 6.07) is 14.1. The predicted molar refractivity (Wildman–Crippen MR) is 113 cm³/mol. The number of hydrogen-bond donors (Lipinski definition) is 2. The highest BCUT2D eigenvalue weighted by atomic mass is 19.4. The van der Waals surface area contributed by atoms with Crippen molar-refractivity contribution in [2.75, 3.05) is 12.4 Å². The zero-order chi connectivity index (χ0) is 22.9. The van der Waals surface area contributed by atoms with Crippen LogP contribution in [-0.2, 0) is 6.54 Å². The molecule has 0 fully saturated rings. The molecule has 0 aliphatic carbocycles. The summed E-state index contributed by atoms with van der Waals surface area (Å²) in [5.41, 5.74) is 2.72. The van der Waals surface area contributed by atoms with Crippen LogP contribution in [0.15, 0.2) is 54.6 Å². The molecule has 0 atom stereocenters. The molecule has 0 saturated heterocycles. The maximum absolute atomic E-state index is 12.5. The number of anilines is 1. The Hall–Kier alpha value is -3.95. The van der Waals surface area contributed by atoms with Gasteiger partial charge in [-0.05, 0) is 49.4 Å². The molecule has 2 heterocycles. The fourth-order valence-corrected chi connectivity index (χ4v) is 3.51. The second-order valence-electron chi connectivity index (χ2n) is 6.86. The molecule has 10 heteroatoms. The molecule has 0 radical (unpaired) electrons. The van der Waals surface area contributed by atoms with Crippen LogP contribution in [0.4, 0.5) is 19.0 Å². The molecule has 32 heavy (non-hydrogen) atoms. The van der Waals surface area contributed by atoms with Crippen LogP contribution < -0.4 is 14.8 Å². The number of nitrogens with zero attached hydrogens (tertiary/aromatic N) is 2. The summed E-state index contributed by atoms with van der Waals surface area (Å²) < 4.78 is 48.2. The number of H-pyrrole nitrogens is 1. The Bertz CT molecular complexity index is 1260. The molecule has 0 unspecified atom stereocenters. The first kappa shape index (κ1) is 21.3. The minimum Gasteiger partial charge on any atom is -0.496 e. The molecule has 4 aromatic rings. The first-order valence-corrected chi connectivity index (χ1v) is 9.68. The van der Waals surface area contributed by atoms with Gasteiger partial charge in [-0.25, -0.2) is 0 Å². The number of aromatic amines is 1. The third-order valence-corrected chi connectivity index (χ3v) is 4.89. The molecular formula is C22H19F3N4O3. The van der Waals surface area contributed by atoms with Crippen LogP contribution in [0.1, 0.15) is 17.3 Å². The van der Waals surface area contributed by atoms with Gasteiger partial charge < -0.3 is 19.4 Å². The topological polar surface area (TPSA) is 81.2 Å². The summed E-state index contributed by atoms with van der Waals surface area (Å²) in [5.74, 6) is 0.112. The summed E-state index contributed by atoms with van der Waals surface area (Å²) in [6.07, 6.45) is -4.79. The quantitative estimate of drug-likeness (QED) is 0.428. The number of carbonyl (C=O) groups excluding carboxylic acids is 1. The monoisotopic (exact) mass is 444 g/mol. The molecule has 1 amide bonds. The van der Waals surface area contributed by atoms with E-state index in [1.54, 1.807) is 13.2 Å². The van der Waals surface area contributed by atoms with Crippen molar-refractivity contribution in [3.8, 4) is 22.9 Å². The van der Waals surface area contributed by atoms with Crippen LogP contribution in [0.2, 0.25) is 0 Å². The number of alkyl halides is 3. The van der Waals surface area contributed by atoms with Gasteiger partial charge in [0.2, 0.25) is 0 Å². The fraction of sp³-hybridized carbons (Fsp3) is 0.182. The predicted octanol–water partition coefficient (Wildman–Crippen LogP) is 5.21. The summed E-state index contributed by atoms with van der Waals surface area (Å²) in [6.45, 7) is 2.73. The second kappa shape index (κ2) is 8.29. The van der Waals surface area contributed by atoms with Gasteiger partial charge in [0, 0.05) is 23.6 Å². The molecule has 2 aromatic carbocycles. The number of nitrogens with one attached hydrogen (secondary N) is 2. The first-order chi connectivity index (χ1) is 15.3. The number of carbonyl (C=O) groups is 1. The van der Waals surface area contributed by atoms with E-state index in [0.29, 0.717) is 12.2 Å². The molecule has 0 saturated carbocycles. The van der Waals surface area contributed by atoms with Crippen molar-refractivity contribution in [1.29, 1.82) is 0 Å². The number of aromatic nitrogens is 3. The number of benzene rings is 2. The summed E-state index contributed by atoms with van der Waals surface area (Å²) >= 11 is 0. The normalized spacial score (nSPS) is 11.5. The summed E-state index contributed by atoms with van der Waals surface area (Å²) in [4.78, 5) is 12.5. The van der Waals surface area contributed by atoms with Crippen LogP contribution in [0, 0.1) is 0 Å². The molecule has 0 spiro atoms. The maximum atomic E-state index is 12.5. The molecular weight excluding hydrogens is 425 g/mol. The SMILES string of the molecule is CCn1c(-c2cc(NC(=O)c3ccc(OC(F)(F)F)cc3)n[nH]2)cc2c(OC)cccc21. The molecule has 7 nitrogen and oxygen atoms in total. The Labute approximate surface area is 180 Å². The zero-order valence-corrected chi connectivity index (χ0v) is 17.2. The van der Waals surface area contributed by atoms with E-state index >= 15 is 0 Å². The van der Waals surface area contributed by atoms with E-state index in [4.69, 9.17) is 4.74 Å². The smallest absolute Gasteiger partial charge is 0.496 e. The third-order valence-electron chi connectivity index (χ3n) is 4.89. The van der Waals surface area contributed by atoms with Crippen LogP contribution in [0.5, 0.6) is 11.5 Å². The highest BCUT2D eigenvalue weighted by molar-refractivity contribution is 6.04. The van der Waals surface area contributed by atoms with Gasteiger partial charge in [0.05, 0.1) is 24.0 Å². The minimum atomic E-state index is -4.79. The van der Waals surface area contributed by atoms with Crippen LogP contribution >= 0.6 is 0 Å². The van der Waals surface area contributed by atoms with Crippen LogP contribution in [-0.4, -0.2) is 34.1 Å².